The average molecular weight is 249 g/mol. The number of Topliss-reactive ketones (excluding diaryl/α,β-unsaturated/α-hetero) is 1. The van der Waals surface area contributed by atoms with Crippen molar-refractivity contribution in [1.29, 1.82) is 0 Å². The number of hydrogen-bond donors (Lipinski definition) is 1. The second kappa shape index (κ2) is 6.16. The number of nitrogens with one attached hydrogen (secondary N) is 1. The molecule has 1 aliphatic rings. The Morgan fingerprint density at radius 1 is 1.39 bits per heavy atom. The quantitative estimate of drug-likeness (QED) is 0.876. The lowest BCUT2D eigenvalue weighted by atomic mass is 10.1. The van der Waals surface area contributed by atoms with Crippen LogP contribution in [0.15, 0.2) is 30.3 Å². The number of rotatable bonds is 3. The molecule has 5 heteroatoms. The number of ketones is 1. The van der Waals surface area contributed by atoms with Crippen molar-refractivity contribution in [1.82, 2.24) is 5.32 Å². The Hall–Kier alpha value is -1.88. The van der Waals surface area contributed by atoms with E-state index in [4.69, 9.17) is 9.47 Å². The molecule has 1 aromatic carbocycles. The number of benzene rings is 1. The third-order valence-electron chi connectivity index (χ3n) is 2.59. The molecule has 0 saturated carbocycles. The van der Waals surface area contributed by atoms with Crippen molar-refractivity contribution in [2.45, 2.75) is 19.1 Å². The van der Waals surface area contributed by atoms with Crippen LogP contribution < -0.4 is 5.32 Å². The lowest BCUT2D eigenvalue weighted by molar-refractivity contribution is -0.128. The highest BCUT2D eigenvalue weighted by atomic mass is 16.5. The lowest BCUT2D eigenvalue weighted by Crippen LogP contribution is -2.43. The Kier molecular flexibility index (Phi) is 4.30. The van der Waals surface area contributed by atoms with Crippen molar-refractivity contribution in [3.05, 3.63) is 35.9 Å². The number of amides is 1. The molecule has 1 fully saturated rings. The van der Waals surface area contributed by atoms with Crippen LogP contribution in [0.4, 0.5) is 4.79 Å². The van der Waals surface area contributed by atoms with E-state index in [-0.39, 0.29) is 25.0 Å². The molecule has 18 heavy (non-hydrogen) atoms. The number of carbonyl (C=O) groups is 2. The molecule has 0 spiro atoms. The molecular formula is C13H15NO4. The summed E-state index contributed by atoms with van der Waals surface area (Å²) >= 11 is 0. The van der Waals surface area contributed by atoms with Crippen LogP contribution in [-0.2, 0) is 20.9 Å². The highest BCUT2D eigenvalue weighted by Crippen LogP contribution is 2.04. The van der Waals surface area contributed by atoms with Gasteiger partial charge in [0.15, 0.2) is 5.78 Å². The lowest BCUT2D eigenvalue weighted by Gasteiger charge is -2.21. The van der Waals surface area contributed by atoms with Gasteiger partial charge in [0.05, 0.1) is 12.6 Å². The third kappa shape index (κ3) is 3.85. The Labute approximate surface area is 105 Å². The van der Waals surface area contributed by atoms with Crippen LogP contribution in [-0.4, -0.2) is 31.1 Å². The van der Waals surface area contributed by atoms with Crippen LogP contribution in [0, 0.1) is 0 Å². The van der Waals surface area contributed by atoms with E-state index in [1.165, 1.54) is 0 Å². The zero-order valence-corrected chi connectivity index (χ0v) is 9.93. The van der Waals surface area contributed by atoms with Gasteiger partial charge in [-0.3, -0.25) is 4.79 Å². The maximum absolute atomic E-state index is 11.5. The van der Waals surface area contributed by atoms with Crippen molar-refractivity contribution in [2.24, 2.45) is 0 Å². The van der Waals surface area contributed by atoms with Gasteiger partial charge < -0.3 is 14.8 Å². The fraction of sp³-hybridized carbons (Fsp3) is 0.385. The first kappa shape index (κ1) is 12.6. The third-order valence-corrected chi connectivity index (χ3v) is 2.59. The minimum absolute atomic E-state index is 0.00499. The Morgan fingerprint density at radius 3 is 2.89 bits per heavy atom. The molecule has 1 aromatic rings. The van der Waals surface area contributed by atoms with Crippen molar-refractivity contribution in [2.75, 3.05) is 13.2 Å². The fourth-order valence-corrected chi connectivity index (χ4v) is 1.73. The molecule has 1 N–H and O–H groups in total. The van der Waals surface area contributed by atoms with Gasteiger partial charge in [-0.1, -0.05) is 30.3 Å². The second-order valence-corrected chi connectivity index (χ2v) is 4.16. The van der Waals surface area contributed by atoms with E-state index >= 15 is 0 Å². The summed E-state index contributed by atoms with van der Waals surface area (Å²) in [5.41, 5.74) is 0.920. The van der Waals surface area contributed by atoms with E-state index in [1.54, 1.807) is 0 Å². The number of carbonyl (C=O) groups excluding carboxylic acids is 2. The van der Waals surface area contributed by atoms with Gasteiger partial charge in [0.2, 0.25) is 0 Å². The minimum Gasteiger partial charge on any atom is -0.445 e. The summed E-state index contributed by atoms with van der Waals surface area (Å²) in [4.78, 5) is 22.6. The number of ether oxygens (including phenoxy) is 2. The Morgan fingerprint density at radius 2 is 2.17 bits per heavy atom. The van der Waals surface area contributed by atoms with E-state index in [0.29, 0.717) is 13.0 Å². The van der Waals surface area contributed by atoms with Crippen LogP contribution in [0.2, 0.25) is 0 Å². The summed E-state index contributed by atoms with van der Waals surface area (Å²) in [6.45, 7) is 0.706. The van der Waals surface area contributed by atoms with Gasteiger partial charge in [0.1, 0.15) is 13.2 Å². The molecule has 1 amide bonds. The first-order chi connectivity index (χ1) is 8.74. The fourth-order valence-electron chi connectivity index (χ4n) is 1.73. The standard InChI is InChI=1S/C13H15NO4/c15-12-6-11(8-17-9-12)14-13(16)18-7-10-4-2-1-3-5-10/h1-5,11H,6-9H2,(H,14,16)/t11-/m1/s1. The summed E-state index contributed by atoms with van der Waals surface area (Å²) < 4.78 is 10.1. The van der Waals surface area contributed by atoms with E-state index in [2.05, 4.69) is 5.32 Å². The Balaban J connectivity index is 1.73. The van der Waals surface area contributed by atoms with Gasteiger partial charge in [-0.25, -0.2) is 4.79 Å². The number of hydrogen-bond acceptors (Lipinski definition) is 4. The monoisotopic (exact) mass is 249 g/mol. The maximum atomic E-state index is 11.5. The van der Waals surface area contributed by atoms with Gasteiger partial charge in [0, 0.05) is 6.42 Å². The highest BCUT2D eigenvalue weighted by Gasteiger charge is 2.21. The normalized spacial score (nSPS) is 19.3. The molecule has 0 bridgehead atoms. The van der Waals surface area contributed by atoms with Gasteiger partial charge in [-0.05, 0) is 5.56 Å². The molecular weight excluding hydrogens is 234 g/mol. The summed E-state index contributed by atoms with van der Waals surface area (Å²) in [6, 6.07) is 9.12. The van der Waals surface area contributed by atoms with Gasteiger partial charge in [0.25, 0.3) is 0 Å². The molecule has 1 heterocycles. The van der Waals surface area contributed by atoms with Crippen LogP contribution in [0.1, 0.15) is 12.0 Å². The van der Waals surface area contributed by atoms with Gasteiger partial charge in [-0.2, -0.15) is 0 Å². The smallest absolute Gasteiger partial charge is 0.407 e. The maximum Gasteiger partial charge on any atom is 0.407 e. The molecule has 96 valence electrons. The zero-order valence-electron chi connectivity index (χ0n) is 9.93. The molecule has 1 aliphatic heterocycles. The minimum atomic E-state index is -0.526. The molecule has 2 rings (SSSR count). The first-order valence-corrected chi connectivity index (χ1v) is 5.80. The molecule has 0 aliphatic carbocycles. The SMILES string of the molecule is O=C1COC[C@H](NC(=O)OCc2ccccc2)C1. The topological polar surface area (TPSA) is 64.6 Å². The summed E-state index contributed by atoms with van der Waals surface area (Å²) in [7, 11) is 0. The highest BCUT2D eigenvalue weighted by molar-refractivity contribution is 5.81. The van der Waals surface area contributed by atoms with Crippen LogP contribution in [0.5, 0.6) is 0 Å². The van der Waals surface area contributed by atoms with Gasteiger partial charge in [-0.15, -0.1) is 0 Å². The first-order valence-electron chi connectivity index (χ1n) is 5.80. The van der Waals surface area contributed by atoms with Crippen molar-refractivity contribution in [3.63, 3.8) is 0 Å². The Bertz CT molecular complexity index is 418. The van der Waals surface area contributed by atoms with Crippen molar-refractivity contribution < 1.29 is 19.1 Å². The van der Waals surface area contributed by atoms with E-state index in [9.17, 15) is 9.59 Å². The zero-order chi connectivity index (χ0) is 12.8. The predicted octanol–water partition coefficient (Wildman–Crippen LogP) is 1.27. The predicted molar refractivity (Wildman–Crippen MR) is 64.0 cm³/mol. The van der Waals surface area contributed by atoms with Gasteiger partial charge >= 0.3 is 6.09 Å². The van der Waals surface area contributed by atoms with Crippen molar-refractivity contribution >= 4 is 11.9 Å². The summed E-state index contributed by atoms with van der Waals surface area (Å²) in [6.07, 6.45) is -0.220. The molecule has 5 nitrogen and oxygen atoms in total. The molecule has 0 aromatic heterocycles. The van der Waals surface area contributed by atoms with E-state index in [0.717, 1.165) is 5.56 Å². The number of alkyl carbamates (subject to hydrolysis) is 1. The second-order valence-electron chi connectivity index (χ2n) is 4.16. The van der Waals surface area contributed by atoms with Crippen LogP contribution in [0.3, 0.4) is 0 Å². The summed E-state index contributed by atoms with van der Waals surface area (Å²) in [5, 5.41) is 2.61. The largest absolute Gasteiger partial charge is 0.445 e. The summed E-state index contributed by atoms with van der Waals surface area (Å²) in [5.74, 6) is -0.00499. The van der Waals surface area contributed by atoms with Crippen LogP contribution in [0.25, 0.3) is 0 Å². The molecule has 0 radical (unpaired) electrons. The molecule has 0 unspecified atom stereocenters. The average Bonchev–Trinajstić information content (AvgIpc) is 2.38. The van der Waals surface area contributed by atoms with E-state index < -0.39 is 6.09 Å². The molecule has 1 atom stereocenters. The van der Waals surface area contributed by atoms with Crippen LogP contribution >= 0.6 is 0 Å². The van der Waals surface area contributed by atoms with Crippen molar-refractivity contribution in [3.8, 4) is 0 Å². The molecule has 1 saturated heterocycles. The van der Waals surface area contributed by atoms with E-state index in [1.807, 2.05) is 30.3 Å².